The van der Waals surface area contributed by atoms with Crippen LogP contribution < -0.4 is 15.9 Å². The summed E-state index contributed by atoms with van der Waals surface area (Å²) >= 11 is 0. The number of carbonyl (C=O) groups excluding carboxylic acids is 1. The van der Waals surface area contributed by atoms with Gasteiger partial charge in [0.1, 0.15) is 5.82 Å². The predicted molar refractivity (Wildman–Crippen MR) is 103 cm³/mol. The van der Waals surface area contributed by atoms with Gasteiger partial charge in [0.05, 0.1) is 16.7 Å². The summed E-state index contributed by atoms with van der Waals surface area (Å²) in [6.45, 7) is 3.55. The number of nitrogens with zero attached hydrogens (tertiary/aromatic N) is 2. The topological polar surface area (TPSA) is 84.2 Å². The van der Waals surface area contributed by atoms with E-state index in [-0.39, 0.29) is 23.6 Å². The van der Waals surface area contributed by atoms with Gasteiger partial charge in [0, 0.05) is 31.4 Å². The average molecular weight is 369 g/mol. The van der Waals surface area contributed by atoms with Crippen LogP contribution in [0.25, 0.3) is 11.0 Å². The lowest BCUT2D eigenvalue weighted by Gasteiger charge is -2.40. The number of rotatable bonds is 2. The normalized spacial score (nSPS) is 17.3. The van der Waals surface area contributed by atoms with Gasteiger partial charge in [-0.3, -0.25) is 0 Å². The molecular formula is C19H20FN5O2. The molecule has 1 saturated heterocycles. The molecule has 3 aromatic rings. The molecule has 1 aliphatic rings. The predicted octanol–water partition coefficient (Wildman–Crippen LogP) is 2.74. The van der Waals surface area contributed by atoms with Crippen LogP contribution in [0, 0.1) is 5.82 Å². The molecule has 0 bridgehead atoms. The maximum atomic E-state index is 14.0. The molecule has 0 aliphatic carbocycles. The van der Waals surface area contributed by atoms with Crippen LogP contribution in [-0.4, -0.2) is 46.6 Å². The van der Waals surface area contributed by atoms with Gasteiger partial charge in [-0.15, -0.1) is 0 Å². The fourth-order valence-corrected chi connectivity index (χ4v) is 3.49. The van der Waals surface area contributed by atoms with Crippen LogP contribution in [0.1, 0.15) is 6.92 Å². The standard InChI is InChI=1S/C19H20FN5O2/c1-12-11-24(17-5-3-2-4-14(17)20)8-9-25(12)19(27)21-13-6-7-15-16(10-13)23-18(26)22-15/h2-7,10,12H,8-9,11H2,1H3,(H,21,27)(H2,22,23,26)/t12-/m1/s1. The van der Waals surface area contributed by atoms with Crippen molar-refractivity contribution >= 4 is 28.4 Å². The number of halogens is 1. The number of aromatic nitrogens is 2. The minimum Gasteiger partial charge on any atom is -0.365 e. The molecule has 1 aliphatic heterocycles. The Labute approximate surface area is 154 Å². The number of nitrogens with one attached hydrogen (secondary N) is 3. The second-order valence-electron chi connectivity index (χ2n) is 6.71. The number of hydrogen-bond donors (Lipinski definition) is 3. The van der Waals surface area contributed by atoms with Crippen molar-refractivity contribution in [1.29, 1.82) is 0 Å². The highest BCUT2D eigenvalue weighted by Crippen LogP contribution is 2.23. The summed E-state index contributed by atoms with van der Waals surface area (Å²) in [6.07, 6.45) is 0. The zero-order valence-corrected chi connectivity index (χ0v) is 14.8. The van der Waals surface area contributed by atoms with Crippen molar-refractivity contribution in [1.82, 2.24) is 14.9 Å². The second kappa shape index (κ2) is 6.79. The van der Waals surface area contributed by atoms with E-state index in [0.29, 0.717) is 42.0 Å². The summed E-state index contributed by atoms with van der Waals surface area (Å²) in [7, 11) is 0. The molecule has 140 valence electrons. The van der Waals surface area contributed by atoms with Gasteiger partial charge >= 0.3 is 11.7 Å². The number of aromatic amines is 2. The monoisotopic (exact) mass is 369 g/mol. The summed E-state index contributed by atoms with van der Waals surface area (Å²) < 4.78 is 14.0. The van der Waals surface area contributed by atoms with Crippen LogP contribution >= 0.6 is 0 Å². The smallest absolute Gasteiger partial charge is 0.323 e. The second-order valence-corrected chi connectivity index (χ2v) is 6.71. The van der Waals surface area contributed by atoms with Crippen LogP contribution in [0.15, 0.2) is 47.3 Å². The Kier molecular flexibility index (Phi) is 4.31. The molecular weight excluding hydrogens is 349 g/mol. The lowest BCUT2D eigenvalue weighted by Crippen LogP contribution is -2.55. The number of benzene rings is 2. The minimum atomic E-state index is -0.286. The van der Waals surface area contributed by atoms with Crippen LogP contribution in [0.5, 0.6) is 0 Å². The van der Waals surface area contributed by atoms with E-state index < -0.39 is 0 Å². The van der Waals surface area contributed by atoms with Crippen molar-refractivity contribution in [3.05, 3.63) is 58.8 Å². The van der Waals surface area contributed by atoms with E-state index in [4.69, 9.17) is 0 Å². The van der Waals surface area contributed by atoms with Gasteiger partial charge in [-0.05, 0) is 37.3 Å². The van der Waals surface area contributed by atoms with E-state index in [2.05, 4.69) is 15.3 Å². The highest BCUT2D eigenvalue weighted by Gasteiger charge is 2.28. The molecule has 0 spiro atoms. The average Bonchev–Trinajstić information content (AvgIpc) is 3.01. The molecule has 1 fully saturated rings. The Morgan fingerprint density at radius 2 is 1.93 bits per heavy atom. The Hall–Kier alpha value is -3.29. The van der Waals surface area contributed by atoms with Crippen molar-refractivity contribution < 1.29 is 9.18 Å². The molecule has 8 heteroatoms. The van der Waals surface area contributed by atoms with E-state index in [9.17, 15) is 14.0 Å². The third-order valence-corrected chi connectivity index (χ3v) is 4.85. The lowest BCUT2D eigenvalue weighted by molar-refractivity contribution is 0.184. The van der Waals surface area contributed by atoms with Crippen molar-refractivity contribution in [3.63, 3.8) is 0 Å². The number of H-pyrrole nitrogens is 2. The molecule has 4 rings (SSSR count). The van der Waals surface area contributed by atoms with Crippen molar-refractivity contribution in [2.45, 2.75) is 13.0 Å². The fraction of sp³-hybridized carbons (Fsp3) is 0.263. The van der Waals surface area contributed by atoms with Gasteiger partial charge in [0.2, 0.25) is 0 Å². The van der Waals surface area contributed by atoms with E-state index in [1.54, 1.807) is 35.2 Å². The van der Waals surface area contributed by atoms with Crippen LogP contribution in [-0.2, 0) is 0 Å². The van der Waals surface area contributed by atoms with Crippen molar-refractivity contribution in [2.75, 3.05) is 29.9 Å². The van der Waals surface area contributed by atoms with Crippen LogP contribution in [0.4, 0.5) is 20.6 Å². The Morgan fingerprint density at radius 1 is 1.15 bits per heavy atom. The number of fused-ring (bicyclic) bond motifs is 1. The molecule has 2 heterocycles. The Bertz CT molecular complexity index is 1040. The van der Waals surface area contributed by atoms with E-state index >= 15 is 0 Å². The molecule has 27 heavy (non-hydrogen) atoms. The molecule has 1 atom stereocenters. The summed E-state index contributed by atoms with van der Waals surface area (Å²) in [5.41, 5.74) is 2.20. The number of amides is 2. The molecule has 0 unspecified atom stereocenters. The number of hydrogen-bond acceptors (Lipinski definition) is 3. The molecule has 2 aromatic carbocycles. The van der Waals surface area contributed by atoms with Crippen LogP contribution in [0.2, 0.25) is 0 Å². The van der Waals surface area contributed by atoms with Gasteiger partial charge in [-0.25, -0.2) is 14.0 Å². The quantitative estimate of drug-likeness (QED) is 0.649. The van der Waals surface area contributed by atoms with Gasteiger partial charge in [0.25, 0.3) is 0 Å². The molecule has 2 amide bonds. The minimum absolute atomic E-state index is 0.0749. The summed E-state index contributed by atoms with van der Waals surface area (Å²) in [5, 5.41) is 2.87. The first kappa shape index (κ1) is 17.1. The van der Waals surface area contributed by atoms with Gasteiger partial charge in [-0.1, -0.05) is 12.1 Å². The Balaban J connectivity index is 1.44. The maximum absolute atomic E-state index is 14.0. The third kappa shape index (κ3) is 3.38. The molecule has 7 nitrogen and oxygen atoms in total. The number of para-hydroxylation sites is 1. The maximum Gasteiger partial charge on any atom is 0.323 e. The number of imidazole rings is 1. The Morgan fingerprint density at radius 3 is 2.70 bits per heavy atom. The summed E-state index contributed by atoms with van der Waals surface area (Å²) in [6, 6.07) is 11.6. The lowest BCUT2D eigenvalue weighted by atomic mass is 10.1. The first-order valence-electron chi connectivity index (χ1n) is 8.80. The number of carbonyl (C=O) groups is 1. The first-order valence-corrected chi connectivity index (χ1v) is 8.80. The third-order valence-electron chi connectivity index (χ3n) is 4.85. The zero-order valence-electron chi connectivity index (χ0n) is 14.8. The number of anilines is 2. The van der Waals surface area contributed by atoms with Crippen molar-refractivity contribution in [3.8, 4) is 0 Å². The highest BCUT2D eigenvalue weighted by molar-refractivity contribution is 5.92. The van der Waals surface area contributed by atoms with E-state index in [0.717, 1.165) is 0 Å². The van der Waals surface area contributed by atoms with Crippen LogP contribution in [0.3, 0.4) is 0 Å². The SMILES string of the molecule is C[C@@H]1CN(c2ccccc2F)CCN1C(=O)Nc1ccc2[nH]c(=O)[nH]c2c1. The largest absolute Gasteiger partial charge is 0.365 e. The van der Waals surface area contributed by atoms with E-state index in [1.807, 2.05) is 17.9 Å². The molecule has 1 aromatic heterocycles. The highest BCUT2D eigenvalue weighted by atomic mass is 19.1. The number of urea groups is 1. The van der Waals surface area contributed by atoms with Gasteiger partial charge in [0.15, 0.2) is 0 Å². The summed E-state index contributed by atoms with van der Waals surface area (Å²) in [5.74, 6) is -0.253. The van der Waals surface area contributed by atoms with Gasteiger partial charge in [-0.2, -0.15) is 0 Å². The molecule has 0 saturated carbocycles. The van der Waals surface area contributed by atoms with Crippen molar-refractivity contribution in [2.24, 2.45) is 0 Å². The molecule has 0 radical (unpaired) electrons. The molecule has 3 N–H and O–H groups in total. The first-order chi connectivity index (χ1) is 13.0. The fourth-order valence-electron chi connectivity index (χ4n) is 3.49. The summed E-state index contributed by atoms with van der Waals surface area (Å²) in [4.78, 5) is 33.0. The van der Waals surface area contributed by atoms with Gasteiger partial charge < -0.3 is 25.1 Å². The zero-order chi connectivity index (χ0) is 19.0. The van der Waals surface area contributed by atoms with E-state index in [1.165, 1.54) is 6.07 Å². The number of piperazine rings is 1.